The number of para-hydroxylation sites is 1. The molecule has 1 amide bonds. The van der Waals surface area contributed by atoms with E-state index in [-0.39, 0.29) is 10.5 Å². The maximum absolute atomic E-state index is 13.1. The predicted octanol–water partition coefficient (Wildman–Crippen LogP) is 5.37. The molecule has 1 aromatic carbocycles. The number of hydrogen-bond acceptors (Lipinski definition) is 2. The molecule has 0 unspecified atom stereocenters. The van der Waals surface area contributed by atoms with Gasteiger partial charge in [-0.3, -0.25) is 4.79 Å². The van der Waals surface area contributed by atoms with Gasteiger partial charge in [-0.05, 0) is 62.4 Å². The minimum atomic E-state index is -1.72. The normalized spacial score (nSPS) is 28.0. The van der Waals surface area contributed by atoms with Gasteiger partial charge in [0.2, 0.25) is 5.91 Å². The van der Waals surface area contributed by atoms with Crippen molar-refractivity contribution in [1.29, 1.82) is 0 Å². The lowest BCUT2D eigenvalue weighted by Gasteiger charge is -2.43. The van der Waals surface area contributed by atoms with Crippen LogP contribution in [0.15, 0.2) is 30.3 Å². The fraction of sp³-hybridized carbons (Fsp3) is 0.667. The van der Waals surface area contributed by atoms with Crippen LogP contribution >= 0.6 is 0 Å². The second-order valence-corrected chi connectivity index (χ2v) is 14.2. The summed E-state index contributed by atoms with van der Waals surface area (Å²) in [5, 5.41) is 0.245. The van der Waals surface area contributed by atoms with Crippen molar-refractivity contribution in [2.75, 3.05) is 11.4 Å². The van der Waals surface area contributed by atoms with E-state index in [2.05, 4.69) is 33.9 Å². The van der Waals surface area contributed by atoms with E-state index in [0.29, 0.717) is 12.0 Å². The first kappa shape index (κ1) is 18.7. The molecular weight excluding hydrogens is 326 g/mol. The monoisotopic (exact) mass is 359 g/mol. The van der Waals surface area contributed by atoms with Crippen LogP contribution in [-0.2, 0) is 9.22 Å². The second-order valence-electron chi connectivity index (χ2n) is 9.40. The molecule has 25 heavy (non-hydrogen) atoms. The zero-order valence-corrected chi connectivity index (χ0v) is 17.5. The van der Waals surface area contributed by atoms with Gasteiger partial charge in [-0.15, -0.1) is 0 Å². The van der Waals surface area contributed by atoms with E-state index < -0.39 is 8.32 Å². The van der Waals surface area contributed by atoms with E-state index >= 15 is 0 Å². The molecule has 1 aromatic rings. The van der Waals surface area contributed by atoms with Crippen molar-refractivity contribution in [3.8, 4) is 0 Å². The summed E-state index contributed by atoms with van der Waals surface area (Å²) in [6, 6.07) is 10.1. The van der Waals surface area contributed by atoms with Gasteiger partial charge in [-0.1, -0.05) is 39.0 Å². The third-order valence-corrected chi connectivity index (χ3v) is 11.3. The van der Waals surface area contributed by atoms with Crippen molar-refractivity contribution in [3.63, 3.8) is 0 Å². The quantitative estimate of drug-likeness (QED) is 0.679. The summed E-state index contributed by atoms with van der Waals surface area (Å²) < 4.78 is 6.61. The number of nitrogens with zero attached hydrogens (tertiary/aromatic N) is 1. The number of rotatable bonds is 3. The molecule has 1 heterocycles. The molecule has 2 fully saturated rings. The Hall–Kier alpha value is -1.13. The summed E-state index contributed by atoms with van der Waals surface area (Å²) in [6.45, 7) is 12.4. The lowest BCUT2D eigenvalue weighted by molar-refractivity contribution is -0.128. The highest BCUT2D eigenvalue weighted by molar-refractivity contribution is 6.74. The van der Waals surface area contributed by atoms with Crippen molar-refractivity contribution in [1.82, 2.24) is 0 Å². The molecule has 1 aliphatic carbocycles. The fourth-order valence-electron chi connectivity index (χ4n) is 3.99. The summed E-state index contributed by atoms with van der Waals surface area (Å²) in [5.74, 6) is 0.337. The molecule has 3 nitrogen and oxygen atoms in total. The highest BCUT2D eigenvalue weighted by Gasteiger charge is 2.50. The second kappa shape index (κ2) is 6.55. The molecule has 1 saturated heterocycles. The maximum atomic E-state index is 13.1. The Morgan fingerprint density at radius 2 is 1.68 bits per heavy atom. The minimum Gasteiger partial charge on any atom is -0.414 e. The van der Waals surface area contributed by atoms with E-state index in [1.54, 1.807) is 0 Å². The summed E-state index contributed by atoms with van der Waals surface area (Å²) in [7, 11) is -1.72. The standard InChI is InChI=1S/C21H33NO2Si/c1-20(2,3)25(4,5)24-18-11-13-21(14-12-18)15-16-22(19(21)23)17-9-7-6-8-10-17/h6-10,18H,11-16H2,1-5H3. The van der Waals surface area contributed by atoms with Crippen LogP contribution < -0.4 is 4.90 Å². The molecule has 0 radical (unpaired) electrons. The summed E-state index contributed by atoms with van der Waals surface area (Å²) >= 11 is 0. The van der Waals surface area contributed by atoms with Crippen LogP contribution in [0.1, 0.15) is 52.9 Å². The van der Waals surface area contributed by atoms with Gasteiger partial charge >= 0.3 is 0 Å². The first-order valence-corrected chi connectivity index (χ1v) is 12.6. The van der Waals surface area contributed by atoms with Gasteiger partial charge < -0.3 is 9.33 Å². The van der Waals surface area contributed by atoms with E-state index in [9.17, 15) is 4.79 Å². The van der Waals surface area contributed by atoms with Crippen molar-refractivity contribution in [2.24, 2.45) is 5.41 Å². The third kappa shape index (κ3) is 3.56. The van der Waals surface area contributed by atoms with Gasteiger partial charge in [-0.25, -0.2) is 0 Å². The molecule has 0 aromatic heterocycles. The van der Waals surface area contributed by atoms with Crippen LogP contribution in [0, 0.1) is 5.41 Å². The molecule has 0 N–H and O–H groups in total. The van der Waals surface area contributed by atoms with Gasteiger partial charge in [0, 0.05) is 18.3 Å². The number of carbonyl (C=O) groups is 1. The molecule has 3 rings (SSSR count). The SMILES string of the molecule is CC(C)(C)[Si](C)(C)OC1CCC2(CC1)CCN(c1ccccc1)C2=O. The molecule has 1 aliphatic heterocycles. The Morgan fingerprint density at radius 1 is 1.08 bits per heavy atom. The van der Waals surface area contributed by atoms with Crippen LogP contribution in [0.3, 0.4) is 0 Å². The van der Waals surface area contributed by atoms with E-state index in [1.807, 2.05) is 35.2 Å². The zero-order chi connectivity index (χ0) is 18.3. The summed E-state index contributed by atoms with van der Waals surface area (Å²) in [6.07, 6.45) is 5.35. The number of anilines is 1. The van der Waals surface area contributed by atoms with Crippen LogP contribution in [-0.4, -0.2) is 26.9 Å². The van der Waals surface area contributed by atoms with Gasteiger partial charge in [-0.2, -0.15) is 0 Å². The van der Waals surface area contributed by atoms with Crippen LogP contribution in [0.25, 0.3) is 0 Å². The van der Waals surface area contributed by atoms with Crippen molar-refractivity contribution < 1.29 is 9.22 Å². The van der Waals surface area contributed by atoms with E-state index in [0.717, 1.165) is 44.3 Å². The Kier molecular flexibility index (Phi) is 4.88. The minimum absolute atomic E-state index is 0.136. The van der Waals surface area contributed by atoms with Crippen molar-refractivity contribution in [2.45, 2.75) is 77.1 Å². The van der Waals surface area contributed by atoms with Gasteiger partial charge in [0.15, 0.2) is 8.32 Å². The van der Waals surface area contributed by atoms with Crippen LogP contribution in [0.2, 0.25) is 18.1 Å². The molecule has 0 atom stereocenters. The van der Waals surface area contributed by atoms with Crippen molar-refractivity contribution in [3.05, 3.63) is 30.3 Å². The average Bonchev–Trinajstić information content (AvgIpc) is 2.86. The van der Waals surface area contributed by atoms with Crippen LogP contribution in [0.5, 0.6) is 0 Å². The number of amides is 1. The van der Waals surface area contributed by atoms with Gasteiger partial charge in [0.25, 0.3) is 0 Å². The highest BCUT2D eigenvalue weighted by Crippen LogP contribution is 2.48. The largest absolute Gasteiger partial charge is 0.414 e. The fourth-order valence-corrected chi connectivity index (χ4v) is 5.42. The molecule has 4 heteroatoms. The van der Waals surface area contributed by atoms with E-state index in [1.165, 1.54) is 0 Å². The summed E-state index contributed by atoms with van der Waals surface area (Å²) in [5.41, 5.74) is 0.910. The Bertz CT molecular complexity index is 613. The van der Waals surface area contributed by atoms with Crippen LogP contribution in [0.4, 0.5) is 5.69 Å². The molecule has 1 saturated carbocycles. The molecular formula is C21H33NO2Si. The topological polar surface area (TPSA) is 29.5 Å². The number of hydrogen-bond donors (Lipinski definition) is 0. The Labute approximate surface area is 153 Å². The van der Waals surface area contributed by atoms with Gasteiger partial charge in [0.1, 0.15) is 0 Å². The number of benzene rings is 1. The Balaban J connectivity index is 1.63. The number of carbonyl (C=O) groups excluding carboxylic acids is 1. The smallest absolute Gasteiger partial charge is 0.233 e. The van der Waals surface area contributed by atoms with Gasteiger partial charge in [0.05, 0.1) is 5.41 Å². The maximum Gasteiger partial charge on any atom is 0.233 e. The first-order valence-electron chi connectivity index (χ1n) is 9.70. The molecule has 0 bridgehead atoms. The molecule has 138 valence electrons. The predicted molar refractivity (Wildman–Crippen MR) is 106 cm³/mol. The lowest BCUT2D eigenvalue weighted by Crippen LogP contribution is -2.46. The van der Waals surface area contributed by atoms with E-state index in [4.69, 9.17) is 4.43 Å². The summed E-state index contributed by atoms with van der Waals surface area (Å²) in [4.78, 5) is 15.1. The first-order chi connectivity index (χ1) is 11.6. The molecule has 2 aliphatic rings. The van der Waals surface area contributed by atoms with Crippen molar-refractivity contribution >= 4 is 19.9 Å². The molecule has 1 spiro atoms. The average molecular weight is 360 g/mol. The lowest BCUT2D eigenvalue weighted by atomic mass is 9.72. The highest BCUT2D eigenvalue weighted by atomic mass is 28.4. The zero-order valence-electron chi connectivity index (χ0n) is 16.5. The Morgan fingerprint density at radius 3 is 2.24 bits per heavy atom. The third-order valence-electron chi connectivity index (χ3n) is 6.74.